The Balaban J connectivity index is 1.25. The van der Waals surface area contributed by atoms with E-state index < -0.39 is 80.7 Å². The van der Waals surface area contributed by atoms with Crippen LogP contribution in [0.15, 0.2) is 28.6 Å². The lowest BCUT2D eigenvalue weighted by Gasteiger charge is -2.27. The minimum atomic E-state index is -4.91. The third-order valence-corrected chi connectivity index (χ3v) is 8.89. The molecule has 0 amide bonds. The molecule has 0 aliphatic carbocycles. The Morgan fingerprint density at radius 2 is 1.66 bits per heavy atom. The van der Waals surface area contributed by atoms with E-state index in [9.17, 15) is 39.5 Å². The van der Waals surface area contributed by atoms with Gasteiger partial charge in [0.2, 0.25) is 0 Å². The summed E-state index contributed by atoms with van der Waals surface area (Å²) in [4.78, 5) is 55.1. The fourth-order valence-corrected chi connectivity index (χ4v) is 6.68. The quantitative estimate of drug-likeness (QED) is 0.0950. The van der Waals surface area contributed by atoms with Crippen molar-refractivity contribution in [1.82, 2.24) is 39.0 Å². The van der Waals surface area contributed by atoms with E-state index in [0.717, 1.165) is 10.9 Å². The molecule has 9 atom stereocenters. The van der Waals surface area contributed by atoms with Gasteiger partial charge in [0.05, 0.1) is 25.9 Å². The minimum absolute atomic E-state index is 0.0790. The summed E-state index contributed by atoms with van der Waals surface area (Å²) < 4.78 is 32.5. The van der Waals surface area contributed by atoms with E-state index >= 15 is 0 Å². The maximum atomic E-state index is 13.5. The second kappa shape index (κ2) is 10.0. The van der Waals surface area contributed by atoms with Crippen molar-refractivity contribution in [2.75, 3.05) is 18.9 Å². The first kappa shape index (κ1) is 27.6. The molecule has 21 heteroatoms. The van der Waals surface area contributed by atoms with Gasteiger partial charge in [-0.3, -0.25) is 28.5 Å². The van der Waals surface area contributed by atoms with Crippen molar-refractivity contribution >= 4 is 35.7 Å². The summed E-state index contributed by atoms with van der Waals surface area (Å²) in [5.41, 5.74) is 2.36. The Hall–Kier alpha value is -3.59. The number of anilines is 1. The molecule has 0 aromatic carbocycles. The van der Waals surface area contributed by atoms with Crippen LogP contribution in [-0.4, -0.2) is 114 Å². The highest BCUT2D eigenvalue weighted by molar-refractivity contribution is 7.53. The summed E-state index contributed by atoms with van der Waals surface area (Å²) in [5, 5.41) is 41.7. The van der Waals surface area contributed by atoms with Gasteiger partial charge >= 0.3 is 13.3 Å². The summed E-state index contributed by atoms with van der Waals surface area (Å²) in [5.74, 6) is 0.0790. The van der Waals surface area contributed by atoms with E-state index in [4.69, 9.17) is 19.7 Å². The molecule has 220 valence electrons. The molecule has 4 aromatic rings. The van der Waals surface area contributed by atoms with Crippen molar-refractivity contribution < 1.29 is 43.9 Å². The fraction of sp³-hybridized carbons (Fsp3) is 0.500. The minimum Gasteiger partial charge on any atom is -0.394 e. The number of hydrogen-bond acceptors (Lipinski definition) is 15. The number of aromatic nitrogens is 8. The Bertz CT molecular complexity index is 1770. The first-order valence-corrected chi connectivity index (χ1v) is 13.7. The van der Waals surface area contributed by atoms with Gasteiger partial charge < -0.3 is 45.1 Å². The molecule has 4 aromatic heterocycles. The summed E-state index contributed by atoms with van der Waals surface area (Å²) in [6.45, 7) is -1.48. The predicted octanol–water partition coefficient (Wildman–Crippen LogP) is -3.72. The molecule has 6 rings (SSSR count). The van der Waals surface area contributed by atoms with Gasteiger partial charge in [-0.2, -0.15) is 0 Å². The number of hydrogen-bond donors (Lipinski definition) is 8. The van der Waals surface area contributed by atoms with Crippen LogP contribution in [0.2, 0.25) is 0 Å². The normalized spacial score (nSPS) is 31.7. The molecule has 0 spiro atoms. The molecular weight excluding hydrogens is 573 g/mol. The largest absolute Gasteiger partial charge is 0.394 e. The maximum absolute atomic E-state index is 13.5. The SMILES string of the molecule is Nc1ncnc2c1ncn2[C@@H]1O[C@H](COP(=O)(O)[C@@H]2[C@H](O)[C@@H](CO)O[C@H]2n2cnc3c(=O)[nH]c(=O)[nH]c32)[C@@H](O)[C@H]1O. The molecule has 2 saturated heterocycles. The van der Waals surface area contributed by atoms with E-state index in [0.29, 0.717) is 0 Å². The molecule has 0 bridgehead atoms. The molecule has 2 aliphatic heterocycles. The zero-order valence-corrected chi connectivity index (χ0v) is 21.6. The van der Waals surface area contributed by atoms with Crippen molar-refractivity contribution in [3.05, 3.63) is 39.8 Å². The monoisotopic (exact) mass is 597 g/mol. The number of aliphatic hydroxyl groups excluding tert-OH is 4. The summed E-state index contributed by atoms with van der Waals surface area (Å²) in [6.07, 6.45) is -6.80. The summed E-state index contributed by atoms with van der Waals surface area (Å²) >= 11 is 0. The molecule has 1 unspecified atom stereocenters. The van der Waals surface area contributed by atoms with Crippen molar-refractivity contribution in [3.63, 3.8) is 0 Å². The number of rotatable bonds is 7. The summed E-state index contributed by atoms with van der Waals surface area (Å²) in [6, 6.07) is 0. The number of imidazole rings is 2. The average Bonchev–Trinajstić information content (AvgIpc) is 3.68. The first-order valence-electron chi connectivity index (χ1n) is 12.1. The molecule has 0 saturated carbocycles. The van der Waals surface area contributed by atoms with Crippen molar-refractivity contribution in [2.24, 2.45) is 0 Å². The van der Waals surface area contributed by atoms with Crippen LogP contribution in [0.5, 0.6) is 0 Å². The Labute approximate surface area is 226 Å². The van der Waals surface area contributed by atoms with Gasteiger partial charge in [0.1, 0.15) is 53.7 Å². The molecule has 6 heterocycles. The molecule has 0 radical (unpaired) electrons. The van der Waals surface area contributed by atoms with Gasteiger partial charge in [-0.1, -0.05) is 0 Å². The van der Waals surface area contributed by atoms with Crippen molar-refractivity contribution in [2.45, 2.75) is 48.6 Å². The highest BCUT2D eigenvalue weighted by atomic mass is 31.2. The standard InChI is InChI=1S/C20H24N9O11P/c21-14-8-15(23-3-22-14)28(4-24-8)18-12(33)10(31)7(40-18)2-38-41(36,37)13-11(32)6(1-30)39-19(13)29-5-25-9-16(29)26-20(35)27-17(9)34/h3-7,10-13,18-19,30-33H,1-2H2,(H,36,37)(H2,21,22,23)(H2,26,27,34,35)/t6-,7-,10-,11-,12-,13-,18-,19-/m1/s1. The third-order valence-electron chi connectivity index (χ3n) is 7.06. The lowest BCUT2D eigenvalue weighted by molar-refractivity contribution is -0.0496. The van der Waals surface area contributed by atoms with Crippen molar-refractivity contribution in [3.8, 4) is 0 Å². The van der Waals surface area contributed by atoms with E-state index in [-0.39, 0.29) is 28.1 Å². The van der Waals surface area contributed by atoms with Gasteiger partial charge in [-0.15, -0.1) is 0 Å². The summed E-state index contributed by atoms with van der Waals surface area (Å²) in [7, 11) is -4.91. The Morgan fingerprint density at radius 1 is 0.951 bits per heavy atom. The Kier molecular flexibility index (Phi) is 6.76. The van der Waals surface area contributed by atoms with Gasteiger partial charge in [0.25, 0.3) is 5.56 Å². The van der Waals surface area contributed by atoms with Crippen LogP contribution < -0.4 is 17.0 Å². The number of aromatic amines is 2. The molecule has 2 fully saturated rings. The lowest BCUT2D eigenvalue weighted by atomic mass is 10.1. The highest BCUT2D eigenvalue weighted by Crippen LogP contribution is 2.57. The van der Waals surface area contributed by atoms with E-state index in [2.05, 4.69) is 24.9 Å². The predicted molar refractivity (Wildman–Crippen MR) is 133 cm³/mol. The molecular formula is C20H24N9O11P. The zero-order chi connectivity index (χ0) is 29.2. The van der Waals surface area contributed by atoms with Crippen LogP contribution in [0.4, 0.5) is 5.82 Å². The van der Waals surface area contributed by atoms with Crippen LogP contribution in [-0.2, 0) is 18.6 Å². The second-order valence-corrected chi connectivity index (χ2v) is 11.5. The third kappa shape index (κ3) is 4.45. The lowest BCUT2D eigenvalue weighted by Crippen LogP contribution is -2.36. The number of H-pyrrole nitrogens is 2. The number of nitrogens with one attached hydrogen (secondary N) is 2. The average molecular weight is 597 g/mol. The molecule has 2 aliphatic rings. The van der Waals surface area contributed by atoms with Gasteiger partial charge in [-0.05, 0) is 0 Å². The molecule has 20 nitrogen and oxygen atoms in total. The first-order chi connectivity index (χ1) is 19.5. The topological polar surface area (TPSA) is 299 Å². The molecule has 9 N–H and O–H groups in total. The number of nitrogens with zero attached hydrogens (tertiary/aromatic N) is 6. The smallest absolute Gasteiger partial charge is 0.338 e. The Morgan fingerprint density at radius 3 is 2.41 bits per heavy atom. The van der Waals surface area contributed by atoms with E-state index in [1.165, 1.54) is 17.2 Å². The number of ether oxygens (including phenoxy) is 2. The van der Waals surface area contributed by atoms with Crippen LogP contribution in [0.1, 0.15) is 12.5 Å². The highest BCUT2D eigenvalue weighted by Gasteiger charge is 2.55. The zero-order valence-electron chi connectivity index (χ0n) is 20.7. The van der Waals surface area contributed by atoms with Crippen LogP contribution in [0, 0.1) is 0 Å². The van der Waals surface area contributed by atoms with E-state index in [1.807, 2.05) is 4.98 Å². The van der Waals surface area contributed by atoms with Crippen LogP contribution in [0.3, 0.4) is 0 Å². The maximum Gasteiger partial charge on any atom is 0.338 e. The molecule has 41 heavy (non-hydrogen) atoms. The number of nitrogens with two attached hydrogens (primary N) is 1. The van der Waals surface area contributed by atoms with Gasteiger partial charge in [-0.25, -0.2) is 24.7 Å². The van der Waals surface area contributed by atoms with E-state index in [1.54, 1.807) is 0 Å². The van der Waals surface area contributed by atoms with Gasteiger partial charge in [0.15, 0.2) is 29.4 Å². The van der Waals surface area contributed by atoms with Crippen molar-refractivity contribution in [1.29, 1.82) is 0 Å². The number of fused-ring (bicyclic) bond motifs is 2. The van der Waals surface area contributed by atoms with Gasteiger partial charge in [0, 0.05) is 0 Å². The number of nitrogen functional groups attached to an aromatic ring is 1. The number of aliphatic hydroxyl groups is 4. The fourth-order valence-electron chi connectivity index (χ4n) is 5.03. The second-order valence-electron chi connectivity index (χ2n) is 9.48. The van der Waals surface area contributed by atoms with Crippen LogP contribution >= 0.6 is 7.60 Å². The van der Waals surface area contributed by atoms with Crippen LogP contribution in [0.25, 0.3) is 22.3 Å².